The quantitative estimate of drug-likeness (QED) is 0.528. The van der Waals surface area contributed by atoms with E-state index >= 15 is 0 Å². The summed E-state index contributed by atoms with van der Waals surface area (Å²) >= 11 is 3.48. The largest absolute Gasteiger partial charge is 0.496 e. The Hall–Kier alpha value is -2.54. The molecule has 0 radical (unpaired) electrons. The molecule has 29 heavy (non-hydrogen) atoms. The molecule has 0 bridgehead atoms. The van der Waals surface area contributed by atoms with Crippen molar-refractivity contribution in [3.05, 3.63) is 56.8 Å². The van der Waals surface area contributed by atoms with E-state index in [4.69, 9.17) is 4.74 Å². The average molecular weight is 460 g/mol. The van der Waals surface area contributed by atoms with E-state index in [-0.39, 0.29) is 5.56 Å². The lowest BCUT2D eigenvalue weighted by atomic mass is 9.96. The summed E-state index contributed by atoms with van der Waals surface area (Å²) in [7, 11) is 1.60. The molecule has 2 aromatic carbocycles. The van der Waals surface area contributed by atoms with Gasteiger partial charge in [-0.15, -0.1) is 0 Å². The van der Waals surface area contributed by atoms with Crippen molar-refractivity contribution in [2.45, 2.75) is 45.1 Å². The van der Waals surface area contributed by atoms with Crippen molar-refractivity contribution in [2.24, 2.45) is 0 Å². The van der Waals surface area contributed by atoms with Crippen molar-refractivity contribution >= 4 is 38.9 Å². The van der Waals surface area contributed by atoms with Gasteiger partial charge in [0, 0.05) is 16.2 Å². The monoisotopic (exact) mass is 459 g/mol. The van der Waals surface area contributed by atoms with Gasteiger partial charge in [0.2, 0.25) is 6.41 Å². The highest BCUT2D eigenvalue weighted by molar-refractivity contribution is 9.10. The summed E-state index contributed by atoms with van der Waals surface area (Å²) in [6.45, 7) is 1.95. The van der Waals surface area contributed by atoms with E-state index in [0.29, 0.717) is 12.5 Å². The first-order valence-electron chi connectivity index (χ1n) is 9.78. The number of hydrogen-bond donors (Lipinski definition) is 2. The number of rotatable bonds is 4. The number of aryl methyl sites for hydroxylation is 1. The van der Waals surface area contributed by atoms with Gasteiger partial charge in [-0.05, 0) is 59.5 Å². The number of ether oxygens (including phenoxy) is 1. The van der Waals surface area contributed by atoms with E-state index in [1.807, 2.05) is 41.9 Å². The molecular weight excluding hydrogens is 434 g/mol. The zero-order chi connectivity index (χ0) is 20.8. The molecule has 7 heteroatoms. The third-order valence-corrected chi connectivity index (χ3v) is 5.93. The van der Waals surface area contributed by atoms with Gasteiger partial charge < -0.3 is 10.1 Å². The van der Waals surface area contributed by atoms with E-state index in [0.717, 1.165) is 45.2 Å². The minimum absolute atomic E-state index is 0.119. The van der Waals surface area contributed by atoms with Crippen LogP contribution < -0.4 is 15.6 Å². The van der Waals surface area contributed by atoms with Crippen LogP contribution in [-0.4, -0.2) is 23.3 Å². The molecule has 1 amide bonds. The number of nitrogens with one attached hydrogen (secondary N) is 2. The Bertz CT molecular complexity index is 1040. The number of aromatic nitrogens is 2. The molecule has 6 nitrogen and oxygen atoms in total. The van der Waals surface area contributed by atoms with Crippen molar-refractivity contribution in [3.8, 4) is 5.75 Å². The normalized spacial score (nSPS) is 14.2. The van der Waals surface area contributed by atoms with Gasteiger partial charge >= 0.3 is 0 Å². The Morgan fingerprint density at radius 2 is 1.97 bits per heavy atom. The average Bonchev–Trinajstić information content (AvgIpc) is 3.09. The predicted octanol–water partition coefficient (Wildman–Crippen LogP) is 5.17. The molecule has 0 atom stereocenters. The summed E-state index contributed by atoms with van der Waals surface area (Å²) < 4.78 is 7.86. The number of carbonyl (C=O) groups is 1. The van der Waals surface area contributed by atoms with Gasteiger partial charge in [0.05, 0.1) is 24.1 Å². The van der Waals surface area contributed by atoms with Crippen molar-refractivity contribution in [1.82, 2.24) is 9.78 Å². The van der Waals surface area contributed by atoms with Crippen LogP contribution in [0.5, 0.6) is 5.75 Å². The second kappa shape index (κ2) is 9.78. The lowest BCUT2D eigenvalue weighted by Crippen LogP contribution is -2.24. The summed E-state index contributed by atoms with van der Waals surface area (Å²) in [5.41, 5.74) is 2.83. The van der Waals surface area contributed by atoms with Gasteiger partial charge in [-0.3, -0.25) is 14.7 Å². The minimum atomic E-state index is 0.119. The molecule has 1 heterocycles. The summed E-state index contributed by atoms with van der Waals surface area (Å²) in [6, 6.07) is 11.6. The second-order valence-corrected chi connectivity index (χ2v) is 8.04. The van der Waals surface area contributed by atoms with Crippen molar-refractivity contribution in [3.63, 3.8) is 0 Å². The molecule has 0 unspecified atom stereocenters. The van der Waals surface area contributed by atoms with Gasteiger partial charge in [0.1, 0.15) is 5.75 Å². The van der Waals surface area contributed by atoms with Crippen LogP contribution in [-0.2, 0) is 4.79 Å². The zero-order valence-corrected chi connectivity index (χ0v) is 18.3. The van der Waals surface area contributed by atoms with Crippen LogP contribution >= 0.6 is 15.9 Å². The van der Waals surface area contributed by atoms with Gasteiger partial charge in [0.15, 0.2) is 0 Å². The number of fused-ring (bicyclic) bond motifs is 1. The molecule has 1 fully saturated rings. The van der Waals surface area contributed by atoms with Crippen molar-refractivity contribution < 1.29 is 9.53 Å². The molecule has 1 aliphatic rings. The Balaban J connectivity index is 0.000000177. The molecule has 1 aromatic heterocycles. The maximum atomic E-state index is 12.3. The minimum Gasteiger partial charge on any atom is -0.496 e. The van der Waals surface area contributed by atoms with Crippen LogP contribution in [0.25, 0.3) is 10.9 Å². The molecule has 154 valence electrons. The first-order valence-corrected chi connectivity index (χ1v) is 10.6. The molecule has 0 aliphatic heterocycles. The van der Waals surface area contributed by atoms with E-state index in [2.05, 4.69) is 26.3 Å². The van der Waals surface area contributed by atoms with Gasteiger partial charge in [-0.2, -0.15) is 0 Å². The maximum absolute atomic E-state index is 12.3. The van der Waals surface area contributed by atoms with Crippen molar-refractivity contribution in [1.29, 1.82) is 0 Å². The topological polar surface area (TPSA) is 76.1 Å². The number of anilines is 1. The highest BCUT2D eigenvalue weighted by Crippen LogP contribution is 2.28. The first-order chi connectivity index (χ1) is 14.0. The number of benzene rings is 2. The van der Waals surface area contributed by atoms with Gasteiger partial charge in [-0.25, -0.2) is 4.68 Å². The third-order valence-electron chi connectivity index (χ3n) is 5.27. The third kappa shape index (κ3) is 4.90. The number of hydrogen-bond acceptors (Lipinski definition) is 3. The van der Waals surface area contributed by atoms with E-state index in [1.165, 1.54) is 19.3 Å². The van der Waals surface area contributed by atoms with E-state index in [9.17, 15) is 9.59 Å². The van der Waals surface area contributed by atoms with E-state index in [1.54, 1.807) is 13.2 Å². The van der Waals surface area contributed by atoms with Crippen LogP contribution in [0.4, 0.5) is 5.69 Å². The number of H-pyrrole nitrogens is 1. The summed E-state index contributed by atoms with van der Waals surface area (Å²) in [6.07, 6.45) is 6.63. The predicted molar refractivity (Wildman–Crippen MR) is 120 cm³/mol. The van der Waals surface area contributed by atoms with Crippen LogP contribution in [0.3, 0.4) is 0 Å². The Labute approximate surface area is 178 Å². The van der Waals surface area contributed by atoms with Crippen LogP contribution in [0, 0.1) is 6.92 Å². The Morgan fingerprint density at radius 3 is 2.62 bits per heavy atom. The number of aromatic amines is 1. The van der Waals surface area contributed by atoms with Crippen LogP contribution in [0.2, 0.25) is 0 Å². The summed E-state index contributed by atoms with van der Waals surface area (Å²) in [4.78, 5) is 22.4. The maximum Gasteiger partial charge on any atom is 0.274 e. The highest BCUT2D eigenvalue weighted by Gasteiger charge is 2.19. The first kappa shape index (κ1) is 21.2. The van der Waals surface area contributed by atoms with Gasteiger partial charge in [0.25, 0.3) is 5.56 Å². The zero-order valence-electron chi connectivity index (χ0n) is 16.7. The number of carbonyl (C=O) groups excluding carboxylic acids is 1. The summed E-state index contributed by atoms with van der Waals surface area (Å²) in [5.74, 6) is 0.779. The summed E-state index contributed by atoms with van der Waals surface area (Å²) in [5, 5.41) is 6.59. The molecule has 0 saturated heterocycles. The van der Waals surface area contributed by atoms with E-state index < -0.39 is 0 Å². The lowest BCUT2D eigenvalue weighted by molar-refractivity contribution is -0.105. The number of methoxy groups -OCH3 is 1. The van der Waals surface area contributed by atoms with Crippen LogP contribution in [0.1, 0.15) is 43.7 Å². The standard InChI is InChI=1S/C13H15BrN2O.C9H11NO2/c14-11-8-4-7-10-12(11)15-16(13(10)17)9-5-2-1-3-6-9;1-7-3-4-8(10-6-11)5-9(7)12-2/h4,7-9,15H,1-3,5-6H2;3-6H,1-2H3,(H,10,11). The molecule has 4 rings (SSSR count). The number of amides is 1. The molecular formula is C22H26BrN3O3. The number of nitrogens with zero attached hydrogens (tertiary/aromatic N) is 1. The highest BCUT2D eigenvalue weighted by atomic mass is 79.9. The molecule has 1 aliphatic carbocycles. The number of para-hydroxylation sites is 1. The molecule has 0 spiro atoms. The van der Waals surface area contributed by atoms with Crippen LogP contribution in [0.15, 0.2) is 45.7 Å². The lowest BCUT2D eigenvalue weighted by Gasteiger charge is -2.21. The molecule has 1 saturated carbocycles. The fourth-order valence-corrected chi connectivity index (χ4v) is 4.15. The number of halogens is 1. The fourth-order valence-electron chi connectivity index (χ4n) is 3.69. The Kier molecular flexibility index (Phi) is 7.14. The SMILES string of the molecule is COc1cc(NC=O)ccc1C.O=c1c2cccc(Br)c2[nH]n1C1CCCCC1. The second-order valence-electron chi connectivity index (χ2n) is 7.19. The van der Waals surface area contributed by atoms with Crippen molar-refractivity contribution in [2.75, 3.05) is 12.4 Å². The fraction of sp³-hybridized carbons (Fsp3) is 0.364. The van der Waals surface area contributed by atoms with Gasteiger partial charge in [-0.1, -0.05) is 31.4 Å². The Morgan fingerprint density at radius 1 is 1.21 bits per heavy atom. The molecule has 2 N–H and O–H groups in total. The smallest absolute Gasteiger partial charge is 0.274 e. The molecule has 3 aromatic rings.